The van der Waals surface area contributed by atoms with Gasteiger partial charge in [0.25, 0.3) is 0 Å². The topological polar surface area (TPSA) is 118 Å². The van der Waals surface area contributed by atoms with Crippen molar-refractivity contribution in [1.29, 1.82) is 0 Å². The van der Waals surface area contributed by atoms with Crippen LogP contribution in [0.25, 0.3) is 0 Å². The smallest absolute Gasteiger partial charge is 0.407 e. The highest BCUT2D eigenvalue weighted by Gasteiger charge is 2.26. The van der Waals surface area contributed by atoms with Gasteiger partial charge in [-0.25, -0.2) is 9.59 Å². The summed E-state index contributed by atoms with van der Waals surface area (Å²) < 4.78 is 15.3. The number of piperazine rings is 1. The van der Waals surface area contributed by atoms with Gasteiger partial charge in [-0.1, -0.05) is 6.07 Å². The number of hydrogen-bond acceptors (Lipinski definition) is 9. The van der Waals surface area contributed by atoms with Crippen molar-refractivity contribution in [3.05, 3.63) is 48.0 Å². The number of rotatable bonds is 9. The third kappa shape index (κ3) is 6.09. The first-order valence-electron chi connectivity index (χ1n) is 11.4. The van der Waals surface area contributed by atoms with Crippen LogP contribution in [0.1, 0.15) is 10.4 Å². The minimum Gasteiger partial charge on any atom is -0.460 e. The number of esters is 1. The van der Waals surface area contributed by atoms with Gasteiger partial charge >= 0.3 is 12.1 Å². The summed E-state index contributed by atoms with van der Waals surface area (Å²) in [5.74, 6) is -0.432. The van der Waals surface area contributed by atoms with Crippen molar-refractivity contribution < 1.29 is 23.8 Å². The molecule has 10 heteroatoms. The number of nitrogens with zero attached hydrogens (tertiary/aromatic N) is 2. The maximum Gasteiger partial charge on any atom is 0.407 e. The number of hydrogen-bond donors (Lipinski definition) is 3. The monoisotopic (exact) mass is 469 g/mol. The maximum atomic E-state index is 12.1. The number of nitrogen functional groups attached to an aromatic ring is 1. The Balaban J connectivity index is 1.32. The van der Waals surface area contributed by atoms with Crippen molar-refractivity contribution in [2.24, 2.45) is 0 Å². The first-order valence-corrected chi connectivity index (χ1v) is 11.4. The van der Waals surface area contributed by atoms with E-state index in [-0.39, 0.29) is 18.8 Å². The minimum atomic E-state index is -0.432. The van der Waals surface area contributed by atoms with Crippen LogP contribution in [-0.2, 0) is 14.2 Å². The van der Waals surface area contributed by atoms with E-state index in [1.54, 1.807) is 25.3 Å². The Morgan fingerprint density at radius 2 is 2.00 bits per heavy atom. The van der Waals surface area contributed by atoms with Crippen molar-refractivity contribution >= 4 is 34.8 Å². The Bertz CT molecular complexity index is 1010. The Morgan fingerprint density at radius 1 is 1.18 bits per heavy atom. The second-order valence-electron chi connectivity index (χ2n) is 8.30. The Kier molecular flexibility index (Phi) is 7.71. The predicted octanol–water partition coefficient (Wildman–Crippen LogP) is 2.05. The van der Waals surface area contributed by atoms with Crippen LogP contribution in [0, 0.1) is 0 Å². The Morgan fingerprint density at radius 3 is 2.71 bits per heavy atom. The molecule has 1 atom stereocenters. The molecule has 2 aromatic rings. The van der Waals surface area contributed by atoms with E-state index in [1.165, 1.54) is 0 Å². The fourth-order valence-corrected chi connectivity index (χ4v) is 4.05. The van der Waals surface area contributed by atoms with Crippen LogP contribution < -0.4 is 21.3 Å². The lowest BCUT2D eigenvalue weighted by atomic mass is 10.1. The van der Waals surface area contributed by atoms with Gasteiger partial charge < -0.3 is 35.5 Å². The van der Waals surface area contributed by atoms with E-state index in [0.29, 0.717) is 24.4 Å². The molecule has 2 aromatic carbocycles. The van der Waals surface area contributed by atoms with Crippen LogP contribution >= 0.6 is 0 Å². The molecule has 2 heterocycles. The van der Waals surface area contributed by atoms with Gasteiger partial charge in [-0.2, -0.15) is 0 Å². The molecule has 0 bridgehead atoms. The van der Waals surface area contributed by atoms with E-state index in [2.05, 4.69) is 32.6 Å². The molecule has 10 nitrogen and oxygen atoms in total. The molecular weight excluding hydrogens is 438 g/mol. The Labute approximate surface area is 198 Å². The average molecular weight is 470 g/mol. The quantitative estimate of drug-likeness (QED) is 0.288. The largest absolute Gasteiger partial charge is 0.460 e. The summed E-state index contributed by atoms with van der Waals surface area (Å²) in [6.07, 6.45) is -0.402. The van der Waals surface area contributed by atoms with E-state index in [9.17, 15) is 9.59 Å². The molecule has 0 saturated carbocycles. The standard InChI is InChI=1S/C24H31N5O5/c1-32-11-12-33-23(30)17-5-6-22(21(25)13-17)27-18-3-2-4-19(14-18)29-9-7-28(8-10-29)16-20-15-26-24(31)34-20/h2-6,13-14,20,27H,7-12,15-16,25H2,1H3,(H,26,31). The summed E-state index contributed by atoms with van der Waals surface area (Å²) in [6, 6.07) is 13.2. The molecule has 2 aliphatic rings. The summed E-state index contributed by atoms with van der Waals surface area (Å²) >= 11 is 0. The van der Waals surface area contributed by atoms with Crippen molar-refractivity contribution in [3.8, 4) is 0 Å². The SMILES string of the molecule is COCCOC(=O)c1ccc(Nc2cccc(N3CCN(CC4CNC(=O)O4)CC3)c2)c(N)c1. The van der Waals surface area contributed by atoms with Crippen LogP contribution in [0.4, 0.5) is 27.5 Å². The third-order valence-electron chi connectivity index (χ3n) is 5.88. The number of benzene rings is 2. The third-order valence-corrected chi connectivity index (χ3v) is 5.88. The molecule has 2 saturated heterocycles. The van der Waals surface area contributed by atoms with Gasteiger partial charge in [0.15, 0.2) is 0 Å². The molecule has 0 spiro atoms. The molecule has 1 unspecified atom stereocenters. The molecule has 0 radical (unpaired) electrons. The summed E-state index contributed by atoms with van der Waals surface area (Å²) in [4.78, 5) is 28.0. The number of anilines is 4. The van der Waals surface area contributed by atoms with Gasteiger partial charge in [0.2, 0.25) is 0 Å². The summed E-state index contributed by atoms with van der Waals surface area (Å²) in [5.41, 5.74) is 9.79. The number of ether oxygens (including phenoxy) is 3. The fourth-order valence-electron chi connectivity index (χ4n) is 4.05. The highest BCUT2D eigenvalue weighted by Crippen LogP contribution is 2.27. The van der Waals surface area contributed by atoms with E-state index in [4.69, 9.17) is 19.9 Å². The normalized spacial score (nSPS) is 18.3. The fraction of sp³-hybridized carbons (Fsp3) is 0.417. The predicted molar refractivity (Wildman–Crippen MR) is 130 cm³/mol. The lowest BCUT2D eigenvalue weighted by Gasteiger charge is -2.36. The van der Waals surface area contributed by atoms with E-state index < -0.39 is 5.97 Å². The summed E-state index contributed by atoms with van der Waals surface area (Å²) in [7, 11) is 1.55. The van der Waals surface area contributed by atoms with Gasteiger partial charge in [0.1, 0.15) is 12.7 Å². The van der Waals surface area contributed by atoms with Gasteiger partial charge in [0, 0.05) is 51.2 Å². The zero-order chi connectivity index (χ0) is 23.9. The first-order chi connectivity index (χ1) is 16.5. The first kappa shape index (κ1) is 23.7. The summed E-state index contributed by atoms with van der Waals surface area (Å²) in [5, 5.41) is 6.04. The van der Waals surface area contributed by atoms with Gasteiger partial charge in [0.05, 0.1) is 30.1 Å². The number of nitrogens with one attached hydrogen (secondary N) is 2. The molecule has 2 aliphatic heterocycles. The molecule has 182 valence electrons. The molecule has 0 aliphatic carbocycles. The lowest BCUT2D eigenvalue weighted by Crippen LogP contribution is -2.49. The minimum absolute atomic E-state index is 0.0735. The number of cyclic esters (lactones) is 1. The van der Waals surface area contributed by atoms with Crippen LogP contribution in [0.2, 0.25) is 0 Å². The van der Waals surface area contributed by atoms with E-state index in [0.717, 1.165) is 49.8 Å². The van der Waals surface area contributed by atoms with Crippen molar-refractivity contribution in [2.75, 3.05) is 75.5 Å². The van der Waals surface area contributed by atoms with E-state index in [1.807, 2.05) is 12.1 Å². The molecular formula is C24H31N5O5. The molecule has 4 N–H and O–H groups in total. The number of methoxy groups -OCH3 is 1. The highest BCUT2D eigenvalue weighted by atomic mass is 16.6. The molecule has 0 aromatic heterocycles. The van der Waals surface area contributed by atoms with Crippen LogP contribution in [0.15, 0.2) is 42.5 Å². The maximum absolute atomic E-state index is 12.1. The molecule has 34 heavy (non-hydrogen) atoms. The number of carbonyl (C=O) groups is 2. The lowest BCUT2D eigenvalue weighted by molar-refractivity contribution is 0.0388. The second kappa shape index (κ2) is 11.1. The van der Waals surface area contributed by atoms with E-state index >= 15 is 0 Å². The van der Waals surface area contributed by atoms with Crippen molar-refractivity contribution in [3.63, 3.8) is 0 Å². The zero-order valence-corrected chi connectivity index (χ0v) is 19.3. The molecule has 2 fully saturated rings. The van der Waals surface area contributed by atoms with Crippen LogP contribution in [-0.4, -0.2) is 82.7 Å². The van der Waals surface area contributed by atoms with Crippen molar-refractivity contribution in [2.45, 2.75) is 6.10 Å². The second-order valence-corrected chi connectivity index (χ2v) is 8.30. The summed E-state index contributed by atoms with van der Waals surface area (Å²) in [6.45, 7) is 5.46. The zero-order valence-electron chi connectivity index (χ0n) is 19.3. The van der Waals surface area contributed by atoms with Crippen molar-refractivity contribution in [1.82, 2.24) is 10.2 Å². The highest BCUT2D eigenvalue weighted by molar-refractivity contribution is 5.92. The molecule has 1 amide bonds. The van der Waals surface area contributed by atoms with Gasteiger partial charge in [-0.3, -0.25) is 4.90 Å². The average Bonchev–Trinajstić information content (AvgIpc) is 3.25. The number of alkyl carbamates (subject to hydrolysis) is 1. The van der Waals surface area contributed by atoms with Gasteiger partial charge in [-0.05, 0) is 36.4 Å². The molecule has 4 rings (SSSR count). The number of amides is 1. The van der Waals surface area contributed by atoms with Crippen LogP contribution in [0.3, 0.4) is 0 Å². The number of carbonyl (C=O) groups excluding carboxylic acids is 2. The van der Waals surface area contributed by atoms with Crippen LogP contribution in [0.5, 0.6) is 0 Å². The Hall–Kier alpha value is -3.50. The van der Waals surface area contributed by atoms with Gasteiger partial charge in [-0.15, -0.1) is 0 Å². The number of nitrogens with two attached hydrogens (primary N) is 1.